The van der Waals surface area contributed by atoms with Crippen LogP contribution in [0.25, 0.3) is 0 Å². The van der Waals surface area contributed by atoms with Gasteiger partial charge in [-0.25, -0.2) is 4.79 Å². The van der Waals surface area contributed by atoms with E-state index in [4.69, 9.17) is 9.84 Å². The van der Waals surface area contributed by atoms with E-state index in [1.807, 2.05) is 66.2 Å². The van der Waals surface area contributed by atoms with Gasteiger partial charge in [-0.2, -0.15) is 5.10 Å². The number of likely N-dealkylation sites (tertiary alicyclic amines) is 1. The summed E-state index contributed by atoms with van der Waals surface area (Å²) >= 11 is 3.57. The second-order valence-electron chi connectivity index (χ2n) is 9.51. The van der Waals surface area contributed by atoms with Crippen molar-refractivity contribution in [2.45, 2.75) is 46.3 Å². The first-order chi connectivity index (χ1) is 17.4. The molecule has 0 unspecified atom stereocenters. The molecule has 1 aliphatic rings. The lowest BCUT2D eigenvalue weighted by Gasteiger charge is -2.33. The number of ether oxygens (including phenoxy) is 1. The number of amides is 1. The zero-order valence-electron chi connectivity index (χ0n) is 21.1. The van der Waals surface area contributed by atoms with Crippen molar-refractivity contribution in [1.82, 2.24) is 14.7 Å². The molecule has 1 fully saturated rings. The number of hydrogen-bond acceptors (Lipinski definition) is 4. The minimum Gasteiger partial charge on any atom is -0.489 e. The molecule has 1 saturated heterocycles. The number of carboxylic acid groups (broad SMARTS) is 1. The van der Waals surface area contributed by atoms with Gasteiger partial charge in [0.05, 0.1) is 6.54 Å². The fourth-order valence-corrected chi connectivity index (χ4v) is 5.14. The van der Waals surface area contributed by atoms with Gasteiger partial charge in [0.25, 0.3) is 0 Å². The van der Waals surface area contributed by atoms with Gasteiger partial charge in [-0.05, 0) is 75.5 Å². The third kappa shape index (κ3) is 6.89. The average Bonchev–Trinajstić information content (AvgIpc) is 3.23. The molecule has 0 radical (unpaired) electrons. The van der Waals surface area contributed by atoms with E-state index in [0.717, 1.165) is 65.9 Å². The molecule has 1 aromatic heterocycles. The van der Waals surface area contributed by atoms with Crippen LogP contribution in [-0.4, -0.2) is 52.1 Å². The molecular formula is C28H35BrN4O3. The number of hydrogen-bond donors (Lipinski definition) is 1. The van der Waals surface area contributed by atoms with Crippen LogP contribution < -0.4 is 9.64 Å². The third-order valence-electron chi connectivity index (χ3n) is 6.74. The van der Waals surface area contributed by atoms with Crippen LogP contribution in [0.15, 0.2) is 59.1 Å². The molecule has 1 N–H and O–H groups in total. The van der Waals surface area contributed by atoms with Crippen molar-refractivity contribution >= 4 is 27.8 Å². The molecule has 8 heteroatoms. The first-order valence-electron chi connectivity index (χ1n) is 12.7. The van der Waals surface area contributed by atoms with E-state index < -0.39 is 6.09 Å². The summed E-state index contributed by atoms with van der Waals surface area (Å²) in [5, 5.41) is 14.7. The number of piperidine rings is 1. The zero-order valence-corrected chi connectivity index (χ0v) is 22.7. The average molecular weight is 556 g/mol. The summed E-state index contributed by atoms with van der Waals surface area (Å²) < 4.78 is 8.95. The van der Waals surface area contributed by atoms with Crippen LogP contribution >= 0.6 is 15.9 Å². The van der Waals surface area contributed by atoms with Gasteiger partial charge < -0.3 is 14.7 Å². The maximum Gasteiger partial charge on any atom is 0.413 e. The Morgan fingerprint density at radius 3 is 2.61 bits per heavy atom. The highest BCUT2D eigenvalue weighted by Gasteiger charge is 2.26. The van der Waals surface area contributed by atoms with Crippen LogP contribution in [0, 0.1) is 12.8 Å². The fourth-order valence-electron chi connectivity index (χ4n) is 4.73. The lowest BCUT2D eigenvalue weighted by molar-refractivity contribution is 0.178. The van der Waals surface area contributed by atoms with Crippen molar-refractivity contribution < 1.29 is 14.6 Å². The molecule has 0 spiro atoms. The Kier molecular flexibility index (Phi) is 9.04. The SMILES string of the molecule is CCCN1CCC(CN(C(=O)O)c2cc(C)n(Cc3cc(Br)ccc3OCc3ccccc3)n2)CC1. The highest BCUT2D eigenvalue weighted by atomic mass is 79.9. The van der Waals surface area contributed by atoms with E-state index in [1.165, 1.54) is 4.90 Å². The normalized spacial score (nSPS) is 14.6. The van der Waals surface area contributed by atoms with Crippen LogP contribution in [0.4, 0.5) is 10.6 Å². The minimum absolute atomic E-state index is 0.350. The maximum absolute atomic E-state index is 12.2. The van der Waals surface area contributed by atoms with Crippen molar-refractivity contribution in [3.63, 3.8) is 0 Å². The molecule has 0 bridgehead atoms. The Morgan fingerprint density at radius 2 is 1.92 bits per heavy atom. The molecule has 2 heterocycles. The minimum atomic E-state index is -0.954. The van der Waals surface area contributed by atoms with Gasteiger partial charge in [0.1, 0.15) is 12.4 Å². The molecule has 3 aromatic rings. The largest absolute Gasteiger partial charge is 0.489 e. The number of anilines is 1. The van der Waals surface area contributed by atoms with Gasteiger partial charge in [-0.3, -0.25) is 9.58 Å². The molecule has 2 aromatic carbocycles. The predicted molar refractivity (Wildman–Crippen MR) is 146 cm³/mol. The Labute approximate surface area is 221 Å². The highest BCUT2D eigenvalue weighted by molar-refractivity contribution is 9.10. The number of halogens is 1. The Morgan fingerprint density at radius 1 is 1.17 bits per heavy atom. The summed E-state index contributed by atoms with van der Waals surface area (Å²) in [6, 6.07) is 17.9. The first-order valence-corrected chi connectivity index (χ1v) is 13.4. The molecule has 4 rings (SSSR count). The number of nitrogens with zero attached hydrogens (tertiary/aromatic N) is 4. The fraction of sp³-hybridized carbons (Fsp3) is 0.429. The molecule has 0 atom stereocenters. The van der Waals surface area contributed by atoms with Gasteiger partial charge in [0, 0.05) is 28.3 Å². The van der Waals surface area contributed by atoms with Crippen molar-refractivity contribution in [2.75, 3.05) is 31.1 Å². The van der Waals surface area contributed by atoms with Crippen molar-refractivity contribution in [3.8, 4) is 5.75 Å². The number of carbonyl (C=O) groups is 1. The third-order valence-corrected chi connectivity index (χ3v) is 7.24. The highest BCUT2D eigenvalue weighted by Crippen LogP contribution is 2.27. The molecule has 192 valence electrons. The van der Waals surface area contributed by atoms with Crippen molar-refractivity contribution in [1.29, 1.82) is 0 Å². The summed E-state index contributed by atoms with van der Waals surface area (Å²) in [5.74, 6) is 1.62. The summed E-state index contributed by atoms with van der Waals surface area (Å²) in [5.41, 5.74) is 2.98. The quantitative estimate of drug-likeness (QED) is 0.323. The topological polar surface area (TPSA) is 70.8 Å². The Balaban J connectivity index is 1.46. The standard InChI is InChI=1S/C28H35BrN4O3/c1-3-13-31-14-11-22(12-15-31)18-32(28(34)35)27-16-21(2)33(30-27)19-24-17-25(29)9-10-26(24)36-20-23-7-5-4-6-8-23/h4-10,16-17,22H,3,11-15,18-20H2,1-2H3,(H,34,35). The summed E-state index contributed by atoms with van der Waals surface area (Å²) in [6.07, 6.45) is 2.23. The summed E-state index contributed by atoms with van der Waals surface area (Å²) in [6.45, 7) is 8.79. The van der Waals surface area contributed by atoms with Gasteiger partial charge >= 0.3 is 6.09 Å². The lowest BCUT2D eigenvalue weighted by Crippen LogP contribution is -2.41. The van der Waals surface area contributed by atoms with Crippen LogP contribution in [0.3, 0.4) is 0 Å². The molecule has 0 aliphatic carbocycles. The predicted octanol–water partition coefficient (Wildman–Crippen LogP) is 6.19. The molecule has 7 nitrogen and oxygen atoms in total. The number of aromatic nitrogens is 2. The maximum atomic E-state index is 12.2. The second-order valence-corrected chi connectivity index (χ2v) is 10.4. The van der Waals surface area contributed by atoms with Crippen molar-refractivity contribution in [2.24, 2.45) is 5.92 Å². The summed E-state index contributed by atoms with van der Waals surface area (Å²) in [4.78, 5) is 16.1. The van der Waals surface area contributed by atoms with Crippen molar-refractivity contribution in [3.05, 3.63) is 75.9 Å². The van der Waals surface area contributed by atoms with E-state index in [1.54, 1.807) is 0 Å². The van der Waals surface area contributed by atoms with E-state index >= 15 is 0 Å². The van der Waals surface area contributed by atoms with E-state index in [9.17, 15) is 9.90 Å². The molecule has 1 aliphatic heterocycles. The molecule has 1 amide bonds. The van der Waals surface area contributed by atoms with E-state index in [-0.39, 0.29) is 0 Å². The van der Waals surface area contributed by atoms with Gasteiger partial charge in [0.15, 0.2) is 5.82 Å². The van der Waals surface area contributed by atoms with Crippen LogP contribution in [-0.2, 0) is 13.2 Å². The van der Waals surface area contributed by atoms with Crippen LogP contribution in [0.1, 0.15) is 43.0 Å². The number of rotatable bonds is 10. The molecule has 0 saturated carbocycles. The second kappa shape index (κ2) is 12.4. The zero-order chi connectivity index (χ0) is 25.5. The monoisotopic (exact) mass is 554 g/mol. The van der Waals surface area contributed by atoms with Gasteiger partial charge in [0.2, 0.25) is 0 Å². The molecule has 36 heavy (non-hydrogen) atoms. The Hall–Kier alpha value is -2.84. The summed E-state index contributed by atoms with van der Waals surface area (Å²) in [7, 11) is 0. The van der Waals surface area contributed by atoms with Crippen LogP contribution in [0.5, 0.6) is 5.75 Å². The van der Waals surface area contributed by atoms with E-state index in [2.05, 4.69) is 27.8 Å². The smallest absolute Gasteiger partial charge is 0.413 e. The van der Waals surface area contributed by atoms with Crippen LogP contribution in [0.2, 0.25) is 0 Å². The Bertz CT molecular complexity index is 1140. The molecular weight excluding hydrogens is 520 g/mol. The lowest BCUT2D eigenvalue weighted by atomic mass is 9.96. The number of aryl methyl sites for hydroxylation is 1. The van der Waals surface area contributed by atoms with Gasteiger partial charge in [-0.15, -0.1) is 0 Å². The first kappa shape index (κ1) is 26.2. The number of benzene rings is 2. The van der Waals surface area contributed by atoms with Gasteiger partial charge in [-0.1, -0.05) is 53.2 Å². The van der Waals surface area contributed by atoms with E-state index in [0.29, 0.717) is 31.4 Å².